The summed E-state index contributed by atoms with van der Waals surface area (Å²) in [6, 6.07) is 18.7. The Morgan fingerprint density at radius 1 is 1.00 bits per heavy atom. The van der Waals surface area contributed by atoms with Gasteiger partial charge in [0.05, 0.1) is 49.3 Å². The zero-order chi connectivity index (χ0) is 31.4. The first-order chi connectivity index (χ1) is 21.2. The molecule has 5 rings (SSSR count). The number of nitrogens with zero attached hydrogens (tertiary/aromatic N) is 2. The van der Waals surface area contributed by atoms with Crippen molar-refractivity contribution in [3.05, 3.63) is 115 Å². The van der Waals surface area contributed by atoms with E-state index in [4.69, 9.17) is 18.9 Å². The number of thiazole rings is 1. The summed E-state index contributed by atoms with van der Waals surface area (Å²) in [5.41, 5.74) is 3.18. The van der Waals surface area contributed by atoms with Gasteiger partial charge in [0.15, 0.2) is 16.3 Å². The van der Waals surface area contributed by atoms with Crippen LogP contribution < -0.4 is 29.1 Å². The zero-order valence-corrected chi connectivity index (χ0v) is 29.7. The number of esters is 1. The van der Waals surface area contributed by atoms with Crippen LogP contribution in [0, 0.1) is 7.14 Å². The second kappa shape index (κ2) is 14.3. The van der Waals surface area contributed by atoms with Crippen LogP contribution in [0.3, 0.4) is 0 Å². The topological polar surface area (TPSA) is 88.4 Å². The molecule has 0 fully saturated rings. The predicted molar refractivity (Wildman–Crippen MR) is 187 cm³/mol. The lowest BCUT2D eigenvalue weighted by Crippen LogP contribution is -2.40. The Bertz CT molecular complexity index is 1890. The van der Waals surface area contributed by atoms with Crippen LogP contribution in [0.4, 0.5) is 0 Å². The SMILES string of the molecule is CCOC(=O)C1=C(C)N=c2s/c(=C\c3cc(I)c(OCc4ccccc4)c(I)c3)c(=O)n2[C@H]1c1ccc(OC)c(OCC)c1. The summed E-state index contributed by atoms with van der Waals surface area (Å²) in [5, 5.41) is 0. The molecule has 1 aliphatic heterocycles. The number of ether oxygens (including phenoxy) is 4. The first kappa shape index (κ1) is 32.2. The van der Waals surface area contributed by atoms with Gasteiger partial charge >= 0.3 is 5.97 Å². The number of methoxy groups -OCH3 is 1. The fourth-order valence-electron chi connectivity index (χ4n) is 4.92. The minimum atomic E-state index is -0.758. The van der Waals surface area contributed by atoms with Crippen molar-refractivity contribution in [2.75, 3.05) is 20.3 Å². The fraction of sp³-hybridized carbons (Fsp3) is 0.242. The van der Waals surface area contributed by atoms with Gasteiger partial charge < -0.3 is 18.9 Å². The van der Waals surface area contributed by atoms with Crippen molar-refractivity contribution in [3.8, 4) is 17.2 Å². The Hall–Kier alpha value is -3.17. The predicted octanol–water partition coefficient (Wildman–Crippen LogP) is 5.99. The van der Waals surface area contributed by atoms with E-state index in [0.29, 0.717) is 50.9 Å². The molecule has 228 valence electrons. The van der Waals surface area contributed by atoms with Gasteiger partial charge in [0.2, 0.25) is 0 Å². The molecule has 0 amide bonds. The normalized spacial score (nSPS) is 14.6. The Morgan fingerprint density at radius 3 is 2.39 bits per heavy atom. The highest BCUT2D eigenvalue weighted by Gasteiger charge is 2.34. The number of rotatable bonds is 10. The smallest absolute Gasteiger partial charge is 0.338 e. The average Bonchev–Trinajstić information content (AvgIpc) is 3.30. The van der Waals surface area contributed by atoms with E-state index in [1.54, 1.807) is 37.7 Å². The zero-order valence-electron chi connectivity index (χ0n) is 24.6. The molecule has 11 heteroatoms. The molecule has 0 unspecified atom stereocenters. The number of allylic oxidation sites excluding steroid dienone is 1. The number of carbonyl (C=O) groups is 1. The molecule has 0 spiro atoms. The molecule has 1 aromatic heterocycles. The maximum atomic E-state index is 14.1. The van der Waals surface area contributed by atoms with E-state index < -0.39 is 12.0 Å². The van der Waals surface area contributed by atoms with Crippen LogP contribution >= 0.6 is 56.5 Å². The van der Waals surface area contributed by atoms with Gasteiger partial charge in [0.25, 0.3) is 5.56 Å². The Morgan fingerprint density at radius 2 is 1.73 bits per heavy atom. The lowest BCUT2D eigenvalue weighted by molar-refractivity contribution is -0.139. The molecule has 2 heterocycles. The Labute approximate surface area is 286 Å². The summed E-state index contributed by atoms with van der Waals surface area (Å²) < 4.78 is 26.8. The van der Waals surface area contributed by atoms with Crippen molar-refractivity contribution < 1.29 is 23.7 Å². The molecule has 0 N–H and O–H groups in total. The Kier molecular flexibility index (Phi) is 10.5. The lowest BCUT2D eigenvalue weighted by Gasteiger charge is -2.25. The Balaban J connectivity index is 1.59. The van der Waals surface area contributed by atoms with Crippen molar-refractivity contribution in [1.82, 2.24) is 4.57 Å². The van der Waals surface area contributed by atoms with Crippen molar-refractivity contribution in [2.45, 2.75) is 33.4 Å². The van der Waals surface area contributed by atoms with Crippen LogP contribution in [0.2, 0.25) is 0 Å². The molecule has 1 aliphatic rings. The first-order valence-corrected chi connectivity index (χ1v) is 16.9. The quantitative estimate of drug-likeness (QED) is 0.144. The second-order valence-electron chi connectivity index (χ2n) is 9.73. The molecule has 0 bridgehead atoms. The number of carbonyl (C=O) groups excluding carboxylic acids is 1. The van der Waals surface area contributed by atoms with Crippen molar-refractivity contribution >= 4 is 68.6 Å². The standard InChI is InChI=1S/C33H30I2N2O6S/c1-5-41-26-17-22(12-13-25(26)40-4)29-28(32(39)42-6-2)19(3)36-33-37(29)31(38)27(44-33)16-21-14-23(34)30(24(35)15-21)43-18-20-10-8-7-9-11-20/h7-17,29H,5-6,18H2,1-4H3/b27-16-/t29-/m0/s1. The maximum absolute atomic E-state index is 14.1. The molecule has 3 aromatic carbocycles. The van der Waals surface area contributed by atoms with Gasteiger partial charge in [-0.25, -0.2) is 9.79 Å². The van der Waals surface area contributed by atoms with Crippen LogP contribution in [0.1, 0.15) is 43.5 Å². The number of hydrogen-bond acceptors (Lipinski definition) is 8. The maximum Gasteiger partial charge on any atom is 0.338 e. The molecule has 8 nitrogen and oxygen atoms in total. The first-order valence-electron chi connectivity index (χ1n) is 13.9. The van der Waals surface area contributed by atoms with Gasteiger partial charge in [-0.15, -0.1) is 0 Å². The van der Waals surface area contributed by atoms with Crippen LogP contribution in [0.25, 0.3) is 6.08 Å². The lowest BCUT2D eigenvalue weighted by atomic mass is 9.95. The molecule has 44 heavy (non-hydrogen) atoms. The monoisotopic (exact) mass is 836 g/mol. The van der Waals surface area contributed by atoms with Crippen molar-refractivity contribution in [3.63, 3.8) is 0 Å². The van der Waals surface area contributed by atoms with Gasteiger partial charge in [-0.1, -0.05) is 47.7 Å². The van der Waals surface area contributed by atoms with Gasteiger partial charge in [-0.3, -0.25) is 9.36 Å². The molecule has 0 radical (unpaired) electrons. The number of hydrogen-bond donors (Lipinski definition) is 0. The van der Waals surface area contributed by atoms with E-state index >= 15 is 0 Å². The molecular formula is C33H30I2N2O6S. The summed E-state index contributed by atoms with van der Waals surface area (Å²) in [6.07, 6.45) is 1.86. The summed E-state index contributed by atoms with van der Waals surface area (Å²) in [6.45, 7) is 6.48. The second-order valence-corrected chi connectivity index (χ2v) is 13.1. The van der Waals surface area contributed by atoms with E-state index in [-0.39, 0.29) is 12.2 Å². The molecule has 0 aliphatic carbocycles. The summed E-state index contributed by atoms with van der Waals surface area (Å²) in [4.78, 5) is 32.5. The van der Waals surface area contributed by atoms with Gasteiger partial charge in [-0.05, 0) is 113 Å². The minimum Gasteiger partial charge on any atom is -0.493 e. The summed E-state index contributed by atoms with van der Waals surface area (Å²) in [5.74, 6) is 1.36. The molecule has 0 saturated carbocycles. The van der Waals surface area contributed by atoms with E-state index in [1.165, 1.54) is 11.3 Å². The fourth-order valence-corrected chi connectivity index (χ4v) is 8.09. The number of fused-ring (bicyclic) bond motifs is 1. The average molecular weight is 836 g/mol. The van der Waals surface area contributed by atoms with Crippen LogP contribution in [-0.2, 0) is 16.1 Å². The highest BCUT2D eigenvalue weighted by Crippen LogP contribution is 2.36. The van der Waals surface area contributed by atoms with Crippen LogP contribution in [0.5, 0.6) is 17.2 Å². The molecular weight excluding hydrogens is 806 g/mol. The van der Waals surface area contributed by atoms with Gasteiger partial charge in [0.1, 0.15) is 12.4 Å². The van der Waals surface area contributed by atoms with E-state index in [1.807, 2.05) is 61.5 Å². The van der Waals surface area contributed by atoms with Gasteiger partial charge in [0, 0.05) is 0 Å². The van der Waals surface area contributed by atoms with E-state index in [2.05, 4.69) is 50.2 Å². The molecule has 4 aromatic rings. The summed E-state index contributed by atoms with van der Waals surface area (Å²) in [7, 11) is 1.57. The van der Waals surface area contributed by atoms with Crippen LogP contribution in [-0.4, -0.2) is 30.9 Å². The minimum absolute atomic E-state index is 0.196. The largest absolute Gasteiger partial charge is 0.493 e. The highest BCUT2D eigenvalue weighted by molar-refractivity contribution is 14.1. The third-order valence-corrected chi connectivity index (χ3v) is 9.45. The number of aromatic nitrogens is 1. The highest BCUT2D eigenvalue weighted by atomic mass is 127. The summed E-state index contributed by atoms with van der Waals surface area (Å²) >= 11 is 5.80. The van der Waals surface area contributed by atoms with Crippen LogP contribution in [0.15, 0.2) is 81.7 Å². The van der Waals surface area contributed by atoms with Gasteiger partial charge in [-0.2, -0.15) is 0 Å². The third kappa shape index (κ3) is 6.74. The molecule has 1 atom stereocenters. The molecule has 0 saturated heterocycles. The van der Waals surface area contributed by atoms with Crippen molar-refractivity contribution in [1.29, 1.82) is 0 Å². The van der Waals surface area contributed by atoms with Crippen molar-refractivity contribution in [2.24, 2.45) is 4.99 Å². The van der Waals surface area contributed by atoms with E-state index in [0.717, 1.165) is 24.0 Å². The third-order valence-electron chi connectivity index (χ3n) is 6.86. The van der Waals surface area contributed by atoms with E-state index in [9.17, 15) is 9.59 Å². The number of halogens is 2. The number of benzene rings is 3.